The molecule has 5 heteroatoms. The second-order valence-electron chi connectivity index (χ2n) is 3.76. The first kappa shape index (κ1) is 28.7. The fraction of sp³-hybridized carbons (Fsp3) is 0.438. The van der Waals surface area contributed by atoms with Crippen molar-refractivity contribution < 1.29 is 38.9 Å². The van der Waals surface area contributed by atoms with Crippen LogP contribution in [0.3, 0.4) is 0 Å². The van der Waals surface area contributed by atoms with Crippen LogP contribution in [0.1, 0.15) is 45.4 Å². The normalized spacial score (nSPS) is 12.0. The number of ketones is 1. The molecule has 4 nitrogen and oxygen atoms in total. The molecule has 0 spiro atoms. The molecule has 1 fully saturated rings. The molecule has 0 aromatic heterocycles. The Morgan fingerprint density at radius 3 is 1.76 bits per heavy atom. The van der Waals surface area contributed by atoms with E-state index in [0.717, 1.165) is 12.3 Å². The van der Waals surface area contributed by atoms with E-state index in [9.17, 15) is 4.79 Å². The average Bonchev–Trinajstić information content (AvgIpc) is 3.07. The first-order chi connectivity index (χ1) is 9.84. The molecule has 114 valence electrons. The van der Waals surface area contributed by atoms with Gasteiger partial charge in [-0.05, 0) is 32.1 Å². The third-order valence-electron chi connectivity index (χ3n) is 2.49. The van der Waals surface area contributed by atoms with Gasteiger partial charge in [0.05, 0.1) is 0 Å². The molecule has 0 N–H and O–H groups in total. The van der Waals surface area contributed by atoms with E-state index in [1.54, 1.807) is 0 Å². The van der Waals surface area contributed by atoms with E-state index in [-0.39, 0.29) is 20.1 Å². The Labute approximate surface area is 142 Å². The third-order valence-corrected chi connectivity index (χ3v) is 2.49. The predicted molar refractivity (Wildman–Crippen MR) is 70.6 cm³/mol. The Morgan fingerprint density at radius 1 is 0.905 bits per heavy atom. The van der Waals surface area contributed by atoms with E-state index in [1.165, 1.54) is 25.7 Å². The van der Waals surface area contributed by atoms with Crippen LogP contribution in [0.15, 0.2) is 0 Å². The summed E-state index contributed by atoms with van der Waals surface area (Å²) in [7, 11) is 0. The topological polar surface area (TPSA) is 76.8 Å². The van der Waals surface area contributed by atoms with Crippen LogP contribution in [0.25, 0.3) is 0 Å². The number of Topliss-reactive ketones (excluding diaryl/α,β-unsaturated/α-hetero) is 1. The molecule has 0 amide bonds. The summed E-state index contributed by atoms with van der Waals surface area (Å²) >= 11 is 0. The van der Waals surface area contributed by atoms with Crippen molar-refractivity contribution in [3.8, 4) is 0 Å². The maximum absolute atomic E-state index is 11.5. The van der Waals surface area contributed by atoms with Crippen LogP contribution < -0.4 is 0 Å². The Kier molecular flexibility index (Phi) is 38.0. The average molecular weight is 374 g/mol. The summed E-state index contributed by atoms with van der Waals surface area (Å²) in [6, 6.07) is 0. The van der Waals surface area contributed by atoms with Gasteiger partial charge in [-0.2, -0.15) is 0 Å². The molecular formula is C16H19O4Tc. The molecule has 0 atom stereocenters. The van der Waals surface area contributed by atoms with Crippen molar-refractivity contribution >= 4 is 5.78 Å². The molecule has 0 heterocycles. The van der Waals surface area contributed by atoms with Crippen molar-refractivity contribution in [2.45, 2.75) is 45.4 Å². The van der Waals surface area contributed by atoms with Gasteiger partial charge in [0.15, 0.2) is 0 Å². The molecule has 1 aliphatic carbocycles. The molecule has 6 radical (unpaired) electrons. The van der Waals surface area contributed by atoms with Crippen molar-refractivity contribution in [2.75, 3.05) is 0 Å². The molecule has 1 aliphatic rings. The summed E-state index contributed by atoms with van der Waals surface area (Å²) in [5, 5.41) is 0. The number of carbonyl (C=O) groups excluding carboxylic acids is 1. The number of hydrogen-bond donors (Lipinski definition) is 0. The second-order valence-corrected chi connectivity index (χ2v) is 3.76. The molecule has 0 aromatic rings. The van der Waals surface area contributed by atoms with Crippen molar-refractivity contribution in [1.29, 1.82) is 0 Å². The number of carbonyl (C=O) groups is 1. The van der Waals surface area contributed by atoms with Gasteiger partial charge in [0, 0.05) is 32.4 Å². The molecule has 0 bridgehead atoms. The number of hydrogen-bond acceptors (Lipinski definition) is 1. The van der Waals surface area contributed by atoms with Crippen molar-refractivity contribution in [1.82, 2.24) is 0 Å². The number of rotatable bonds is 7. The van der Waals surface area contributed by atoms with Gasteiger partial charge < -0.3 is 0 Å². The minimum atomic E-state index is 0. The summed E-state index contributed by atoms with van der Waals surface area (Å²) < 4.78 is 22.5. The van der Waals surface area contributed by atoms with Gasteiger partial charge in [-0.15, -0.1) is 0 Å². The van der Waals surface area contributed by atoms with E-state index in [1.807, 2.05) is 25.7 Å². The molecular weight excluding hydrogens is 355 g/mol. The van der Waals surface area contributed by atoms with Gasteiger partial charge in [-0.1, -0.05) is 32.6 Å². The summed E-state index contributed by atoms with van der Waals surface area (Å²) in [6.07, 6.45) is 14.4. The molecule has 21 heavy (non-hydrogen) atoms. The van der Waals surface area contributed by atoms with Crippen LogP contribution in [-0.4, -0.2) is 5.78 Å². The monoisotopic (exact) mass is 374 g/mol. The second kappa shape index (κ2) is 27.8. The number of unbranched alkanes of at least 4 members (excludes halogenated alkanes) is 4. The van der Waals surface area contributed by atoms with Crippen molar-refractivity contribution in [3.63, 3.8) is 0 Å². The zero-order valence-electron chi connectivity index (χ0n) is 12.1. The first-order valence-corrected chi connectivity index (χ1v) is 6.20. The molecule has 0 unspecified atom stereocenters. The van der Waals surface area contributed by atoms with Gasteiger partial charge in [-0.3, -0.25) is 4.79 Å². The van der Waals surface area contributed by atoms with Crippen LogP contribution in [-0.2, 0) is 38.9 Å². The zero-order valence-corrected chi connectivity index (χ0v) is 13.9. The van der Waals surface area contributed by atoms with E-state index < -0.39 is 0 Å². The van der Waals surface area contributed by atoms with Gasteiger partial charge in [0.2, 0.25) is 0 Å². The summed E-state index contributed by atoms with van der Waals surface area (Å²) in [5.41, 5.74) is 0. The first-order valence-electron chi connectivity index (χ1n) is 6.20. The fourth-order valence-corrected chi connectivity index (χ4v) is 1.59. The molecule has 0 aromatic carbocycles. The fourth-order valence-electron chi connectivity index (χ4n) is 1.59. The SMILES string of the molecule is CCCCCCCC(=O)[C]1[CH][CH][CH][CH]1.[99Tc].[C-]#[O+].[C-]#[O+].[C-]#[O+]. The van der Waals surface area contributed by atoms with Crippen LogP contribution in [0.2, 0.25) is 0 Å². The van der Waals surface area contributed by atoms with E-state index in [2.05, 4.69) is 26.9 Å². The van der Waals surface area contributed by atoms with Crippen LogP contribution in [0.5, 0.6) is 0 Å². The van der Waals surface area contributed by atoms with E-state index in [4.69, 9.17) is 14.0 Å². The molecule has 0 saturated heterocycles. The Morgan fingerprint density at radius 2 is 1.33 bits per heavy atom. The quantitative estimate of drug-likeness (QED) is 0.383. The summed E-state index contributed by atoms with van der Waals surface area (Å²) in [4.78, 5) is 11.5. The van der Waals surface area contributed by atoms with Crippen LogP contribution in [0.4, 0.5) is 0 Å². The van der Waals surface area contributed by atoms with E-state index >= 15 is 0 Å². The maximum atomic E-state index is 11.5. The van der Waals surface area contributed by atoms with Gasteiger partial charge in [0.25, 0.3) is 0 Å². The molecule has 1 saturated carbocycles. The van der Waals surface area contributed by atoms with Crippen LogP contribution >= 0.6 is 0 Å². The molecule has 0 aliphatic heterocycles. The Hall–Kier alpha value is -0.461. The van der Waals surface area contributed by atoms with Gasteiger partial charge in [0.1, 0.15) is 5.78 Å². The summed E-state index contributed by atoms with van der Waals surface area (Å²) in [5.74, 6) is 1.17. The van der Waals surface area contributed by atoms with E-state index in [0.29, 0.717) is 12.2 Å². The minimum absolute atomic E-state index is 0. The predicted octanol–water partition coefficient (Wildman–Crippen LogP) is 3.21. The standard InChI is InChI=1S/C13H19O.3CO.Tc/c1-2-3-4-5-6-11-13(14)12-9-7-8-10-12;3*1-2;/h7-10H,2-6,11H2,1H3;;;;/i;;;;1+1. The van der Waals surface area contributed by atoms with Gasteiger partial charge in [-0.25, -0.2) is 0 Å². The molecule has 1 rings (SSSR count). The van der Waals surface area contributed by atoms with Crippen molar-refractivity contribution in [3.05, 3.63) is 51.6 Å². The Balaban J connectivity index is -0.000000183. The Bertz CT molecular complexity index is 251. The third kappa shape index (κ3) is 19.5. The van der Waals surface area contributed by atoms with Crippen LogP contribution in [0, 0.1) is 51.6 Å². The summed E-state index contributed by atoms with van der Waals surface area (Å²) in [6.45, 7) is 15.7. The zero-order chi connectivity index (χ0) is 16.2. The van der Waals surface area contributed by atoms with Crippen molar-refractivity contribution in [2.24, 2.45) is 0 Å². The van der Waals surface area contributed by atoms with Gasteiger partial charge >= 0.3 is 33.9 Å².